The molecule has 0 aliphatic heterocycles. The number of anilines is 1. The van der Waals surface area contributed by atoms with Crippen molar-refractivity contribution < 1.29 is 17.9 Å². The van der Waals surface area contributed by atoms with Gasteiger partial charge in [-0.05, 0) is 67.6 Å². The number of benzene rings is 3. The maximum Gasteiger partial charge on any atom is 0.261 e. The van der Waals surface area contributed by atoms with Crippen molar-refractivity contribution in [2.75, 3.05) is 4.72 Å². The summed E-state index contributed by atoms with van der Waals surface area (Å²) in [4.78, 5) is 12.8. The zero-order valence-corrected chi connectivity index (χ0v) is 20.0. The van der Waals surface area contributed by atoms with Gasteiger partial charge in [-0.1, -0.05) is 18.2 Å². The molecule has 0 unspecified atom stereocenters. The molecule has 0 saturated heterocycles. The lowest BCUT2D eigenvalue weighted by Gasteiger charge is -2.11. The Morgan fingerprint density at radius 3 is 2.17 bits per heavy atom. The van der Waals surface area contributed by atoms with Gasteiger partial charge in [-0.25, -0.2) is 18.4 Å². The zero-order chi connectivity index (χ0) is 25.0. The number of rotatable bonds is 8. The van der Waals surface area contributed by atoms with Gasteiger partial charge in [-0.3, -0.25) is 9.29 Å². The highest BCUT2D eigenvalue weighted by Crippen LogP contribution is 2.26. The molecule has 0 aliphatic rings. The topological polar surface area (TPSA) is 108 Å². The summed E-state index contributed by atoms with van der Waals surface area (Å²) in [5.74, 6) is 3.23. The van der Waals surface area contributed by atoms with Crippen molar-refractivity contribution in [3.8, 4) is 28.9 Å². The average Bonchev–Trinajstić information content (AvgIpc) is 3.41. The van der Waals surface area contributed by atoms with Crippen LogP contribution >= 0.6 is 0 Å². The maximum atomic E-state index is 12.8. The molecule has 180 valence electrons. The highest BCUT2D eigenvalue weighted by Gasteiger charge is 2.15. The van der Waals surface area contributed by atoms with E-state index in [1.165, 1.54) is 12.1 Å². The van der Waals surface area contributed by atoms with Crippen LogP contribution in [0.4, 0.5) is 5.69 Å². The number of hydrogen-bond acceptors (Lipinski definition) is 7. The van der Waals surface area contributed by atoms with Gasteiger partial charge >= 0.3 is 0 Å². The lowest BCUT2D eigenvalue weighted by molar-refractivity contribution is 0.459. The number of ether oxygens (including phenoxy) is 2. The second kappa shape index (κ2) is 9.88. The van der Waals surface area contributed by atoms with Gasteiger partial charge in [-0.2, -0.15) is 4.98 Å². The molecule has 2 heterocycles. The molecule has 0 fully saturated rings. The predicted octanol–water partition coefficient (Wildman–Crippen LogP) is 5.36. The molecule has 0 bridgehead atoms. The lowest BCUT2D eigenvalue weighted by atomic mass is 10.3. The fourth-order valence-electron chi connectivity index (χ4n) is 3.34. The highest BCUT2D eigenvalue weighted by molar-refractivity contribution is 7.92. The summed E-state index contributed by atoms with van der Waals surface area (Å²) in [6.07, 6.45) is 5.07. The van der Waals surface area contributed by atoms with E-state index in [4.69, 9.17) is 9.47 Å². The predicted molar refractivity (Wildman–Crippen MR) is 134 cm³/mol. The van der Waals surface area contributed by atoms with Gasteiger partial charge in [0.25, 0.3) is 10.0 Å². The van der Waals surface area contributed by atoms with Gasteiger partial charge < -0.3 is 9.47 Å². The third-order valence-corrected chi connectivity index (χ3v) is 6.41. The van der Waals surface area contributed by atoms with Crippen LogP contribution in [0.5, 0.6) is 23.1 Å². The molecule has 0 amide bonds. The summed E-state index contributed by atoms with van der Waals surface area (Å²) in [7, 11) is -3.79. The van der Waals surface area contributed by atoms with Crippen molar-refractivity contribution in [2.45, 2.75) is 11.8 Å². The first-order chi connectivity index (χ1) is 17.4. The Bertz CT molecular complexity index is 1560. The van der Waals surface area contributed by atoms with Gasteiger partial charge in [0.05, 0.1) is 4.90 Å². The van der Waals surface area contributed by atoms with E-state index in [1.54, 1.807) is 72.7 Å². The van der Waals surface area contributed by atoms with E-state index in [0.717, 1.165) is 0 Å². The minimum Gasteiger partial charge on any atom is -0.457 e. The molecule has 36 heavy (non-hydrogen) atoms. The van der Waals surface area contributed by atoms with E-state index < -0.39 is 10.0 Å². The molecule has 3 aromatic carbocycles. The number of imidazole rings is 1. The summed E-state index contributed by atoms with van der Waals surface area (Å²) >= 11 is 0. The molecule has 10 heteroatoms. The molecule has 2 aromatic heterocycles. The third-order valence-electron chi connectivity index (χ3n) is 5.01. The smallest absolute Gasteiger partial charge is 0.261 e. The first-order valence-corrected chi connectivity index (χ1v) is 12.4. The number of para-hydroxylation sites is 1. The van der Waals surface area contributed by atoms with Crippen LogP contribution in [0, 0.1) is 6.92 Å². The Morgan fingerprint density at radius 2 is 1.47 bits per heavy atom. The van der Waals surface area contributed by atoms with E-state index in [-0.39, 0.29) is 4.90 Å². The molecule has 0 spiro atoms. The molecule has 0 aliphatic carbocycles. The van der Waals surface area contributed by atoms with Crippen LogP contribution in [-0.2, 0) is 10.0 Å². The average molecular weight is 500 g/mol. The first-order valence-electron chi connectivity index (χ1n) is 10.9. The van der Waals surface area contributed by atoms with Crippen LogP contribution in [-0.4, -0.2) is 27.9 Å². The largest absolute Gasteiger partial charge is 0.457 e. The first kappa shape index (κ1) is 23.1. The van der Waals surface area contributed by atoms with Crippen molar-refractivity contribution in [1.29, 1.82) is 0 Å². The van der Waals surface area contributed by atoms with Crippen molar-refractivity contribution >= 4 is 15.7 Å². The number of aryl methyl sites for hydroxylation is 1. The summed E-state index contributed by atoms with van der Waals surface area (Å²) in [6.45, 7) is 1.77. The Kier molecular flexibility index (Phi) is 6.33. The van der Waals surface area contributed by atoms with Crippen molar-refractivity contribution in [3.05, 3.63) is 109 Å². The Balaban J connectivity index is 1.25. The second-order valence-corrected chi connectivity index (χ2v) is 9.38. The molecular formula is C26H21N5O4S. The second-order valence-electron chi connectivity index (χ2n) is 7.70. The molecule has 0 saturated carbocycles. The van der Waals surface area contributed by atoms with E-state index >= 15 is 0 Å². The van der Waals surface area contributed by atoms with Crippen molar-refractivity contribution in [2.24, 2.45) is 0 Å². The number of aromatic nitrogens is 4. The van der Waals surface area contributed by atoms with Crippen LogP contribution < -0.4 is 14.2 Å². The fraction of sp³-hybridized carbons (Fsp3) is 0.0385. The van der Waals surface area contributed by atoms with Gasteiger partial charge in [0.15, 0.2) is 0 Å². The van der Waals surface area contributed by atoms with Crippen LogP contribution in [0.15, 0.2) is 109 Å². The van der Waals surface area contributed by atoms with Crippen LogP contribution in [0.25, 0.3) is 5.82 Å². The standard InChI is InChI=1S/C26H21N5O4S/c1-19-28-25(31-16-15-27-18-31)17-26(29-19)35-23-9-7-20(8-10-23)30-36(32,33)24-13-11-22(12-14-24)34-21-5-3-2-4-6-21/h2-18,30H,1H3. The highest BCUT2D eigenvalue weighted by atomic mass is 32.2. The molecular weight excluding hydrogens is 478 g/mol. The SMILES string of the molecule is Cc1nc(Oc2ccc(NS(=O)(=O)c3ccc(Oc4ccccc4)cc3)cc2)cc(-n2ccnc2)n1. The maximum absolute atomic E-state index is 12.8. The van der Waals surface area contributed by atoms with Gasteiger partial charge in [0.2, 0.25) is 5.88 Å². The molecule has 0 radical (unpaired) electrons. The quantitative estimate of drug-likeness (QED) is 0.306. The summed E-state index contributed by atoms with van der Waals surface area (Å²) in [6, 6.07) is 23.7. The molecule has 5 rings (SSSR count). The molecule has 0 atom stereocenters. The van der Waals surface area contributed by atoms with E-state index in [0.29, 0.717) is 40.5 Å². The minimum absolute atomic E-state index is 0.117. The minimum atomic E-state index is -3.79. The normalized spacial score (nSPS) is 11.1. The summed E-state index contributed by atoms with van der Waals surface area (Å²) in [5, 5.41) is 0. The van der Waals surface area contributed by atoms with Gasteiger partial charge in [0.1, 0.15) is 35.2 Å². The summed E-state index contributed by atoms with van der Waals surface area (Å²) in [5.41, 5.74) is 0.393. The van der Waals surface area contributed by atoms with Crippen LogP contribution in [0.2, 0.25) is 0 Å². The van der Waals surface area contributed by atoms with Crippen LogP contribution in [0.1, 0.15) is 5.82 Å². The summed E-state index contributed by atoms with van der Waals surface area (Å²) < 4.78 is 41.5. The number of hydrogen-bond donors (Lipinski definition) is 1. The number of nitrogens with one attached hydrogen (secondary N) is 1. The fourth-order valence-corrected chi connectivity index (χ4v) is 4.40. The van der Waals surface area contributed by atoms with Gasteiger partial charge in [0, 0.05) is 24.1 Å². The van der Waals surface area contributed by atoms with E-state index in [2.05, 4.69) is 19.7 Å². The zero-order valence-electron chi connectivity index (χ0n) is 19.1. The molecule has 1 N–H and O–H groups in total. The van der Waals surface area contributed by atoms with Crippen molar-refractivity contribution in [3.63, 3.8) is 0 Å². The molecule has 5 aromatic rings. The Labute approximate surface area is 208 Å². The monoisotopic (exact) mass is 499 g/mol. The Hall–Kier alpha value is -4.70. The number of nitrogens with zero attached hydrogens (tertiary/aromatic N) is 4. The lowest BCUT2D eigenvalue weighted by Crippen LogP contribution is -2.12. The number of sulfonamides is 1. The third kappa shape index (κ3) is 5.50. The van der Waals surface area contributed by atoms with Gasteiger partial charge in [-0.15, -0.1) is 0 Å². The van der Waals surface area contributed by atoms with E-state index in [9.17, 15) is 8.42 Å². The van der Waals surface area contributed by atoms with E-state index in [1.807, 2.05) is 30.3 Å². The van der Waals surface area contributed by atoms with Crippen molar-refractivity contribution in [1.82, 2.24) is 19.5 Å². The molecule has 9 nitrogen and oxygen atoms in total. The Morgan fingerprint density at radius 1 is 0.806 bits per heavy atom. The van der Waals surface area contributed by atoms with Crippen LogP contribution in [0.3, 0.4) is 0 Å².